The summed E-state index contributed by atoms with van der Waals surface area (Å²) in [6, 6.07) is 4.32. The van der Waals surface area contributed by atoms with E-state index in [1.165, 1.54) is 6.42 Å². The van der Waals surface area contributed by atoms with Crippen molar-refractivity contribution in [3.63, 3.8) is 0 Å². The zero-order chi connectivity index (χ0) is 13.2. The fourth-order valence-corrected chi connectivity index (χ4v) is 2.73. The molecule has 1 saturated heterocycles. The van der Waals surface area contributed by atoms with E-state index in [-0.39, 0.29) is 18.6 Å². The lowest BCUT2D eigenvalue weighted by Crippen LogP contribution is -2.47. The second kappa shape index (κ2) is 5.35. The molecule has 0 radical (unpaired) electrons. The summed E-state index contributed by atoms with van der Waals surface area (Å²) in [5.74, 6) is 0.0543. The number of carbonyl (C=O) groups is 1. The third-order valence-electron chi connectivity index (χ3n) is 4.10. The monoisotopic (exact) mass is 264 g/mol. The van der Waals surface area contributed by atoms with E-state index in [0.717, 1.165) is 18.5 Å². The van der Waals surface area contributed by atoms with E-state index in [4.69, 9.17) is 9.84 Å². The van der Waals surface area contributed by atoms with Gasteiger partial charge >= 0.3 is 0 Å². The van der Waals surface area contributed by atoms with Gasteiger partial charge in [-0.3, -0.25) is 4.79 Å². The molecular weight excluding hydrogens is 244 g/mol. The summed E-state index contributed by atoms with van der Waals surface area (Å²) in [4.78, 5) is 14.3. The van der Waals surface area contributed by atoms with Crippen molar-refractivity contribution in [3.8, 4) is 0 Å². The Morgan fingerprint density at radius 1 is 1.47 bits per heavy atom. The number of ether oxygens (including phenoxy) is 1. The van der Waals surface area contributed by atoms with Crippen molar-refractivity contribution < 1.29 is 14.6 Å². The molecule has 5 nitrogen and oxygen atoms in total. The molecule has 1 saturated carbocycles. The molecule has 0 bridgehead atoms. The van der Waals surface area contributed by atoms with Crippen molar-refractivity contribution in [2.75, 3.05) is 26.3 Å². The van der Waals surface area contributed by atoms with Crippen LogP contribution in [0.1, 0.15) is 35.8 Å². The number of hydrogen-bond donors (Lipinski definition) is 1. The number of aliphatic hydroxyl groups excluding tert-OH is 1. The van der Waals surface area contributed by atoms with Crippen LogP contribution in [0.4, 0.5) is 0 Å². The lowest BCUT2D eigenvalue weighted by atomic mass is 9.93. The number of carbonyl (C=O) groups excluding carboxylic acids is 1. The first-order valence-corrected chi connectivity index (χ1v) is 6.98. The smallest absolute Gasteiger partial charge is 0.270 e. The molecule has 2 heterocycles. The van der Waals surface area contributed by atoms with Crippen molar-refractivity contribution >= 4 is 5.91 Å². The Labute approximate surface area is 112 Å². The van der Waals surface area contributed by atoms with Crippen LogP contribution in [0.2, 0.25) is 0 Å². The molecule has 1 aliphatic heterocycles. The summed E-state index contributed by atoms with van der Waals surface area (Å²) < 4.78 is 7.49. The maximum atomic E-state index is 12.6. The molecule has 19 heavy (non-hydrogen) atoms. The molecule has 1 amide bonds. The van der Waals surface area contributed by atoms with Crippen LogP contribution >= 0.6 is 0 Å². The third kappa shape index (κ3) is 2.40. The van der Waals surface area contributed by atoms with Crippen molar-refractivity contribution in [1.82, 2.24) is 9.47 Å². The number of nitrogens with zero attached hydrogens (tertiary/aromatic N) is 2. The Bertz CT molecular complexity index is 453. The summed E-state index contributed by atoms with van der Waals surface area (Å²) in [6.07, 6.45) is 5.33. The van der Waals surface area contributed by atoms with Crippen LogP contribution in [0.5, 0.6) is 0 Å². The molecule has 0 aromatic carbocycles. The van der Waals surface area contributed by atoms with Gasteiger partial charge in [0.25, 0.3) is 5.91 Å². The number of amides is 1. The SMILES string of the molecule is O=C(c1cccn1C1CCC1)N1CCOC(CO)C1. The van der Waals surface area contributed by atoms with Gasteiger partial charge in [0.15, 0.2) is 0 Å². The topological polar surface area (TPSA) is 54.7 Å². The van der Waals surface area contributed by atoms with Gasteiger partial charge in [-0.05, 0) is 31.4 Å². The first-order chi connectivity index (χ1) is 9.29. The largest absolute Gasteiger partial charge is 0.394 e. The van der Waals surface area contributed by atoms with Gasteiger partial charge in [0.1, 0.15) is 5.69 Å². The van der Waals surface area contributed by atoms with Gasteiger partial charge < -0.3 is 19.3 Å². The summed E-state index contributed by atoms with van der Waals surface area (Å²) in [6.45, 7) is 1.55. The van der Waals surface area contributed by atoms with Gasteiger partial charge in [0.2, 0.25) is 0 Å². The zero-order valence-corrected chi connectivity index (χ0v) is 11.0. The molecule has 2 aliphatic rings. The third-order valence-corrected chi connectivity index (χ3v) is 4.10. The predicted octanol–water partition coefficient (Wildman–Crippen LogP) is 1.05. The highest BCUT2D eigenvalue weighted by atomic mass is 16.5. The average Bonchev–Trinajstić information content (AvgIpc) is 2.85. The van der Waals surface area contributed by atoms with Crippen LogP contribution < -0.4 is 0 Å². The number of hydrogen-bond acceptors (Lipinski definition) is 3. The minimum absolute atomic E-state index is 0.0343. The average molecular weight is 264 g/mol. The highest BCUT2D eigenvalue weighted by Crippen LogP contribution is 2.33. The highest BCUT2D eigenvalue weighted by Gasteiger charge is 2.28. The molecular formula is C14H20N2O3. The summed E-state index contributed by atoms with van der Waals surface area (Å²) >= 11 is 0. The lowest BCUT2D eigenvalue weighted by molar-refractivity contribution is -0.0450. The molecule has 1 N–H and O–H groups in total. The summed E-state index contributed by atoms with van der Waals surface area (Å²) in [5, 5.41) is 9.14. The molecule has 1 aromatic heterocycles. The number of rotatable bonds is 3. The van der Waals surface area contributed by atoms with Crippen LogP contribution in [-0.2, 0) is 4.74 Å². The van der Waals surface area contributed by atoms with Crippen LogP contribution in [0.3, 0.4) is 0 Å². The van der Waals surface area contributed by atoms with Gasteiger partial charge in [0, 0.05) is 25.3 Å². The predicted molar refractivity (Wildman–Crippen MR) is 70.0 cm³/mol. The van der Waals surface area contributed by atoms with Crippen LogP contribution in [0, 0.1) is 0 Å². The van der Waals surface area contributed by atoms with E-state index >= 15 is 0 Å². The molecule has 1 aliphatic carbocycles. The normalized spacial score (nSPS) is 24.3. The maximum absolute atomic E-state index is 12.6. The lowest BCUT2D eigenvalue weighted by Gasteiger charge is -2.34. The van der Waals surface area contributed by atoms with E-state index in [2.05, 4.69) is 4.57 Å². The standard InChI is InChI=1S/C14H20N2O3/c17-10-12-9-15(7-8-19-12)14(18)13-5-2-6-16(13)11-3-1-4-11/h2,5-6,11-12,17H,1,3-4,7-10H2. The van der Waals surface area contributed by atoms with E-state index in [1.54, 1.807) is 4.90 Å². The van der Waals surface area contributed by atoms with Crippen molar-refractivity contribution in [2.24, 2.45) is 0 Å². The Morgan fingerprint density at radius 3 is 3.00 bits per heavy atom. The number of morpholine rings is 1. The molecule has 0 spiro atoms. The fourth-order valence-electron chi connectivity index (χ4n) is 2.73. The highest BCUT2D eigenvalue weighted by molar-refractivity contribution is 5.93. The van der Waals surface area contributed by atoms with Crippen LogP contribution in [-0.4, -0.2) is 52.9 Å². The van der Waals surface area contributed by atoms with Crippen LogP contribution in [0.25, 0.3) is 0 Å². The molecule has 2 fully saturated rings. The molecule has 104 valence electrons. The van der Waals surface area contributed by atoms with E-state index in [0.29, 0.717) is 25.7 Å². The van der Waals surface area contributed by atoms with Crippen molar-refractivity contribution in [3.05, 3.63) is 24.0 Å². The Kier molecular flexibility index (Phi) is 3.57. The van der Waals surface area contributed by atoms with Gasteiger partial charge in [-0.25, -0.2) is 0 Å². The number of aliphatic hydroxyl groups is 1. The minimum atomic E-state index is -0.246. The van der Waals surface area contributed by atoms with Gasteiger partial charge in [-0.1, -0.05) is 0 Å². The molecule has 3 rings (SSSR count). The summed E-state index contributed by atoms with van der Waals surface area (Å²) in [5.41, 5.74) is 0.767. The fraction of sp³-hybridized carbons (Fsp3) is 0.643. The van der Waals surface area contributed by atoms with Crippen molar-refractivity contribution in [2.45, 2.75) is 31.4 Å². The first kappa shape index (κ1) is 12.7. The number of aromatic nitrogens is 1. The second-order valence-electron chi connectivity index (χ2n) is 5.31. The zero-order valence-electron chi connectivity index (χ0n) is 11.0. The Balaban J connectivity index is 1.74. The van der Waals surface area contributed by atoms with Gasteiger partial charge in [-0.15, -0.1) is 0 Å². The van der Waals surface area contributed by atoms with Gasteiger partial charge in [0.05, 0.1) is 19.3 Å². The van der Waals surface area contributed by atoms with Gasteiger partial charge in [-0.2, -0.15) is 0 Å². The Morgan fingerprint density at radius 2 is 2.32 bits per heavy atom. The minimum Gasteiger partial charge on any atom is -0.394 e. The van der Waals surface area contributed by atoms with E-state index in [1.807, 2.05) is 18.3 Å². The quantitative estimate of drug-likeness (QED) is 0.887. The molecule has 1 atom stereocenters. The Hall–Kier alpha value is -1.33. The summed E-state index contributed by atoms with van der Waals surface area (Å²) in [7, 11) is 0. The maximum Gasteiger partial charge on any atom is 0.270 e. The van der Waals surface area contributed by atoms with E-state index < -0.39 is 0 Å². The second-order valence-corrected chi connectivity index (χ2v) is 5.31. The van der Waals surface area contributed by atoms with E-state index in [9.17, 15) is 4.79 Å². The van der Waals surface area contributed by atoms with Crippen molar-refractivity contribution in [1.29, 1.82) is 0 Å². The van der Waals surface area contributed by atoms with Crippen LogP contribution in [0.15, 0.2) is 18.3 Å². The molecule has 1 aromatic rings. The molecule has 1 unspecified atom stereocenters. The first-order valence-electron chi connectivity index (χ1n) is 6.98. The molecule has 5 heteroatoms.